The van der Waals surface area contributed by atoms with Crippen LogP contribution in [0.1, 0.15) is 0 Å². The molecule has 28 heteroatoms. The summed E-state index contributed by atoms with van der Waals surface area (Å²) in [5.41, 5.74) is 0. The van der Waals surface area contributed by atoms with Gasteiger partial charge in [-0.05, 0) is 0 Å². The number of ether oxygens (including phenoxy) is 1. The number of hydrogen-bond donors (Lipinski definition) is 0. The number of halogens is 26. The SMILES string of the molecule is C=CC(=O)OCC(C(F)(F)C(F)(F)C(F)(F)C(F)(F)C(F)(F)C(F)(F)F)C(F)(F)C(F)(F)C(F)(F)C(F)(F)C(F)(F)C(F)(F)F. The fraction of sp³-hybridized carbons (Fsp3) is 0.824. The van der Waals surface area contributed by atoms with Crippen molar-refractivity contribution in [2.75, 3.05) is 6.61 Å². The lowest BCUT2D eigenvalue weighted by atomic mass is 9.80. The summed E-state index contributed by atoms with van der Waals surface area (Å²) in [6.45, 7) is -1.84. The van der Waals surface area contributed by atoms with Gasteiger partial charge < -0.3 is 4.74 Å². The molecule has 268 valence electrons. The first-order chi connectivity index (χ1) is 19.1. The van der Waals surface area contributed by atoms with E-state index in [1.54, 1.807) is 0 Å². The van der Waals surface area contributed by atoms with E-state index in [1.807, 2.05) is 0 Å². The van der Waals surface area contributed by atoms with Gasteiger partial charge >= 0.3 is 77.5 Å². The third kappa shape index (κ3) is 5.67. The number of rotatable bonds is 13. The zero-order chi connectivity index (χ0) is 37.3. The largest absolute Gasteiger partial charge is 0.462 e. The summed E-state index contributed by atoms with van der Waals surface area (Å²) in [5.74, 6) is -98.7. The molecule has 0 rings (SSSR count). The first-order valence-electron chi connectivity index (χ1n) is 9.79. The number of hydrogen-bond acceptors (Lipinski definition) is 2. The van der Waals surface area contributed by atoms with Crippen molar-refractivity contribution in [3.63, 3.8) is 0 Å². The number of carbonyl (C=O) groups is 1. The summed E-state index contributed by atoms with van der Waals surface area (Å²) < 4.78 is 349. The van der Waals surface area contributed by atoms with E-state index in [-0.39, 0.29) is 0 Å². The van der Waals surface area contributed by atoms with E-state index in [2.05, 4.69) is 11.3 Å². The van der Waals surface area contributed by atoms with Crippen molar-refractivity contribution in [1.29, 1.82) is 0 Å². The highest BCUT2D eigenvalue weighted by molar-refractivity contribution is 5.81. The molecule has 0 fully saturated rings. The summed E-state index contributed by atoms with van der Waals surface area (Å²) in [6.07, 6.45) is -16.8. The molecule has 0 N–H and O–H groups in total. The molecule has 0 saturated carbocycles. The van der Waals surface area contributed by atoms with E-state index < -0.39 is 96.1 Å². The molecule has 0 heterocycles. The molecular weight excluding hydrogens is 730 g/mol. The molecular formula is C17H6F26O2. The van der Waals surface area contributed by atoms with Crippen LogP contribution in [0.2, 0.25) is 0 Å². The molecule has 0 unspecified atom stereocenters. The van der Waals surface area contributed by atoms with Crippen LogP contribution < -0.4 is 0 Å². The van der Waals surface area contributed by atoms with E-state index in [1.165, 1.54) is 0 Å². The highest BCUT2D eigenvalue weighted by Gasteiger charge is 2.96. The van der Waals surface area contributed by atoms with Crippen LogP contribution in [0.4, 0.5) is 114 Å². The van der Waals surface area contributed by atoms with Gasteiger partial charge in [-0.25, -0.2) is 4.79 Å². The first-order valence-corrected chi connectivity index (χ1v) is 9.79. The molecule has 0 atom stereocenters. The van der Waals surface area contributed by atoms with Gasteiger partial charge in [0.15, 0.2) is 0 Å². The van der Waals surface area contributed by atoms with Crippen LogP contribution in [0.25, 0.3) is 0 Å². The van der Waals surface area contributed by atoms with Crippen molar-refractivity contribution in [3.8, 4) is 0 Å². The topological polar surface area (TPSA) is 26.3 Å². The fourth-order valence-electron chi connectivity index (χ4n) is 2.66. The second-order valence-electron chi connectivity index (χ2n) is 8.22. The van der Waals surface area contributed by atoms with Crippen molar-refractivity contribution in [3.05, 3.63) is 12.7 Å². The molecule has 0 spiro atoms. The molecule has 2 nitrogen and oxygen atoms in total. The third-order valence-corrected chi connectivity index (χ3v) is 5.35. The smallest absolute Gasteiger partial charge is 0.460 e. The van der Waals surface area contributed by atoms with Gasteiger partial charge in [0.05, 0.1) is 0 Å². The number of esters is 1. The van der Waals surface area contributed by atoms with E-state index in [0.717, 1.165) is 0 Å². The van der Waals surface area contributed by atoms with E-state index in [0.29, 0.717) is 0 Å². The summed E-state index contributed by atoms with van der Waals surface area (Å²) in [5, 5.41) is 0. The average molecular weight is 736 g/mol. The Morgan fingerprint density at radius 3 is 0.867 bits per heavy atom. The van der Waals surface area contributed by atoms with Crippen molar-refractivity contribution in [1.82, 2.24) is 0 Å². The molecule has 0 aromatic rings. The van der Waals surface area contributed by atoms with Gasteiger partial charge in [0.25, 0.3) is 0 Å². The molecule has 0 aliphatic rings. The van der Waals surface area contributed by atoms with Crippen molar-refractivity contribution < 1.29 is 124 Å². The number of carbonyl (C=O) groups excluding carboxylic acids is 1. The van der Waals surface area contributed by atoms with Crippen molar-refractivity contribution in [2.45, 2.75) is 71.6 Å². The summed E-state index contributed by atoms with van der Waals surface area (Å²) in [6, 6.07) is 0. The Morgan fingerprint density at radius 1 is 0.444 bits per heavy atom. The normalized spacial score (nSPS) is 16.2. The standard InChI is InChI=1S/C17H6F26O2/c1-2-5(44)45-3-4(6(18,19)8(22,23)10(26,27)12(30,31)14(34,35)16(38,39)40)7(20,21)9(24,25)11(28,29)13(32,33)15(36,37)17(41,42)43/h2,4H,1,3H2. The Kier molecular flexibility index (Phi) is 10.4. The van der Waals surface area contributed by atoms with Crippen LogP contribution in [0.5, 0.6) is 0 Å². The summed E-state index contributed by atoms with van der Waals surface area (Å²) in [7, 11) is 0. The lowest BCUT2D eigenvalue weighted by Gasteiger charge is -2.45. The van der Waals surface area contributed by atoms with Crippen LogP contribution in [0, 0.1) is 5.92 Å². The predicted octanol–water partition coefficient (Wildman–Crippen LogP) is 8.81. The van der Waals surface area contributed by atoms with Gasteiger partial charge in [-0.15, -0.1) is 0 Å². The van der Waals surface area contributed by atoms with Gasteiger partial charge in [0.2, 0.25) is 0 Å². The maximum atomic E-state index is 14.4. The Labute approximate surface area is 227 Å². The average Bonchev–Trinajstić information content (AvgIpc) is 2.81. The Morgan fingerprint density at radius 2 is 0.667 bits per heavy atom. The second kappa shape index (κ2) is 11.0. The summed E-state index contributed by atoms with van der Waals surface area (Å²) >= 11 is 0. The quantitative estimate of drug-likeness (QED) is 0.107. The maximum absolute atomic E-state index is 14.4. The molecule has 0 radical (unpaired) electrons. The van der Waals surface area contributed by atoms with Crippen LogP contribution in [-0.4, -0.2) is 84.2 Å². The Hall–Kier alpha value is -2.61. The lowest BCUT2D eigenvalue weighted by molar-refractivity contribution is -0.463. The maximum Gasteiger partial charge on any atom is 0.460 e. The highest BCUT2D eigenvalue weighted by atomic mass is 19.4. The van der Waals surface area contributed by atoms with Gasteiger partial charge in [-0.1, -0.05) is 6.58 Å². The molecule has 0 bridgehead atoms. The van der Waals surface area contributed by atoms with Gasteiger partial charge in [-0.3, -0.25) is 0 Å². The minimum atomic E-state index is -9.16. The first kappa shape index (κ1) is 42.4. The molecule has 0 aliphatic carbocycles. The third-order valence-electron chi connectivity index (χ3n) is 5.35. The minimum Gasteiger partial charge on any atom is -0.462 e. The predicted molar refractivity (Wildman–Crippen MR) is 86.2 cm³/mol. The Bertz CT molecular complexity index is 1020. The van der Waals surface area contributed by atoms with Crippen molar-refractivity contribution in [2.24, 2.45) is 5.92 Å². The fourth-order valence-corrected chi connectivity index (χ4v) is 2.66. The molecule has 0 amide bonds. The highest BCUT2D eigenvalue weighted by Crippen LogP contribution is 2.66. The van der Waals surface area contributed by atoms with Gasteiger partial charge in [0.1, 0.15) is 12.5 Å². The zero-order valence-electron chi connectivity index (χ0n) is 19.7. The molecule has 45 heavy (non-hydrogen) atoms. The number of alkyl halides is 26. The van der Waals surface area contributed by atoms with Crippen LogP contribution in [-0.2, 0) is 9.53 Å². The zero-order valence-corrected chi connectivity index (χ0v) is 19.7. The van der Waals surface area contributed by atoms with Crippen LogP contribution >= 0.6 is 0 Å². The minimum absolute atomic E-state index is 0.539. The van der Waals surface area contributed by atoms with E-state index in [9.17, 15) is 119 Å². The summed E-state index contributed by atoms with van der Waals surface area (Å²) in [4.78, 5) is 10.9. The Balaban J connectivity index is 7.75. The van der Waals surface area contributed by atoms with Crippen molar-refractivity contribution >= 4 is 5.97 Å². The van der Waals surface area contributed by atoms with E-state index >= 15 is 0 Å². The van der Waals surface area contributed by atoms with Gasteiger partial charge in [0, 0.05) is 6.08 Å². The molecule has 0 aromatic carbocycles. The second-order valence-corrected chi connectivity index (χ2v) is 8.22. The van der Waals surface area contributed by atoms with E-state index in [4.69, 9.17) is 0 Å². The van der Waals surface area contributed by atoms with Crippen LogP contribution in [0.3, 0.4) is 0 Å². The lowest BCUT2D eigenvalue weighted by Crippen LogP contribution is -2.75. The van der Waals surface area contributed by atoms with Gasteiger partial charge in [-0.2, -0.15) is 114 Å². The molecule has 0 aliphatic heterocycles. The van der Waals surface area contributed by atoms with Crippen LogP contribution in [0.15, 0.2) is 12.7 Å². The molecule has 0 aromatic heterocycles. The molecule has 0 saturated heterocycles. The monoisotopic (exact) mass is 736 g/mol.